The minimum atomic E-state index is -0.457. The van der Waals surface area contributed by atoms with Crippen molar-refractivity contribution in [2.24, 2.45) is 5.73 Å². The number of aryl methyl sites for hydroxylation is 1. The average Bonchev–Trinajstić information content (AvgIpc) is 2.93. The molecule has 2 rings (SSSR count). The van der Waals surface area contributed by atoms with Crippen molar-refractivity contribution >= 4 is 5.91 Å². The second kappa shape index (κ2) is 6.65. The monoisotopic (exact) mass is 268 g/mol. The zero-order valence-corrected chi connectivity index (χ0v) is 10.9. The van der Waals surface area contributed by atoms with Crippen LogP contribution in [0.1, 0.15) is 18.2 Å². The Balaban J connectivity index is 1.88. The van der Waals surface area contributed by atoms with E-state index < -0.39 is 6.04 Å². The van der Waals surface area contributed by atoms with Crippen LogP contribution in [-0.2, 0) is 16.1 Å². The van der Waals surface area contributed by atoms with Crippen LogP contribution < -0.4 is 5.73 Å². The van der Waals surface area contributed by atoms with Gasteiger partial charge in [0.15, 0.2) is 0 Å². The summed E-state index contributed by atoms with van der Waals surface area (Å²) >= 11 is 0. The van der Waals surface area contributed by atoms with Crippen molar-refractivity contribution in [3.05, 3.63) is 18.2 Å². The molecule has 2 heterocycles. The Morgan fingerprint density at radius 3 is 2.95 bits per heavy atom. The number of amides is 1. The van der Waals surface area contributed by atoms with E-state index >= 15 is 0 Å². The molecule has 1 unspecified atom stereocenters. The number of aliphatic hydroxyl groups excluding tert-OH is 1. The molecule has 1 aromatic heterocycles. The van der Waals surface area contributed by atoms with Crippen molar-refractivity contribution in [3.63, 3.8) is 0 Å². The number of rotatable bonds is 5. The minimum Gasteiger partial charge on any atom is -0.394 e. The van der Waals surface area contributed by atoms with Gasteiger partial charge in [0, 0.05) is 32.3 Å². The highest BCUT2D eigenvalue weighted by atomic mass is 16.5. The van der Waals surface area contributed by atoms with Crippen LogP contribution in [0.4, 0.5) is 0 Å². The zero-order chi connectivity index (χ0) is 13.7. The van der Waals surface area contributed by atoms with E-state index in [2.05, 4.69) is 4.98 Å². The fourth-order valence-electron chi connectivity index (χ4n) is 2.11. The molecular weight excluding hydrogens is 248 g/mol. The fraction of sp³-hybridized carbons (Fsp3) is 0.667. The van der Waals surface area contributed by atoms with Crippen molar-refractivity contribution in [1.82, 2.24) is 14.5 Å². The molecule has 1 atom stereocenters. The molecule has 1 saturated heterocycles. The van der Waals surface area contributed by atoms with Gasteiger partial charge in [0.1, 0.15) is 0 Å². The van der Waals surface area contributed by atoms with Crippen LogP contribution in [0.25, 0.3) is 0 Å². The molecule has 1 aliphatic rings. The van der Waals surface area contributed by atoms with Gasteiger partial charge in [0.05, 0.1) is 37.9 Å². The summed E-state index contributed by atoms with van der Waals surface area (Å²) in [5.41, 5.74) is 6.51. The first-order valence-corrected chi connectivity index (χ1v) is 6.44. The number of aliphatic hydroxyl groups is 1. The summed E-state index contributed by atoms with van der Waals surface area (Å²) in [5.74, 6) is 0.112. The van der Waals surface area contributed by atoms with Gasteiger partial charge in [-0.1, -0.05) is 0 Å². The van der Waals surface area contributed by atoms with Crippen LogP contribution in [0.3, 0.4) is 0 Å². The summed E-state index contributed by atoms with van der Waals surface area (Å²) in [6.07, 6.45) is 3.67. The lowest BCUT2D eigenvalue weighted by Crippen LogP contribution is -2.41. The van der Waals surface area contributed by atoms with Crippen molar-refractivity contribution in [1.29, 1.82) is 0 Å². The van der Waals surface area contributed by atoms with Crippen molar-refractivity contribution in [2.75, 3.05) is 32.9 Å². The molecular formula is C12H20N4O3. The molecule has 0 aromatic carbocycles. The number of hydrogen-bond donors (Lipinski definition) is 2. The number of carbonyl (C=O) groups excluding carboxylic acids is 1. The van der Waals surface area contributed by atoms with Gasteiger partial charge in [0.2, 0.25) is 5.91 Å². The highest BCUT2D eigenvalue weighted by molar-refractivity contribution is 5.76. The number of morpholine rings is 1. The lowest BCUT2D eigenvalue weighted by Gasteiger charge is -2.27. The number of ether oxygens (including phenoxy) is 1. The van der Waals surface area contributed by atoms with Gasteiger partial charge < -0.3 is 25.0 Å². The lowest BCUT2D eigenvalue weighted by atomic mass is 10.2. The average molecular weight is 268 g/mol. The maximum Gasteiger partial charge on any atom is 0.224 e. The Morgan fingerprint density at radius 2 is 2.26 bits per heavy atom. The van der Waals surface area contributed by atoms with E-state index in [9.17, 15) is 4.79 Å². The summed E-state index contributed by atoms with van der Waals surface area (Å²) in [6.45, 7) is 2.93. The number of nitrogens with two attached hydrogens (primary N) is 1. The van der Waals surface area contributed by atoms with E-state index in [0.717, 1.165) is 5.69 Å². The maximum absolute atomic E-state index is 12.0. The summed E-state index contributed by atoms with van der Waals surface area (Å²) < 4.78 is 7.03. The highest BCUT2D eigenvalue weighted by Crippen LogP contribution is 2.10. The SMILES string of the molecule is NC(CO)c1cncn1CCC(=O)N1CCOCC1. The van der Waals surface area contributed by atoms with E-state index in [4.69, 9.17) is 15.6 Å². The fourth-order valence-corrected chi connectivity index (χ4v) is 2.11. The molecule has 19 heavy (non-hydrogen) atoms. The molecule has 1 fully saturated rings. The molecule has 0 radical (unpaired) electrons. The molecule has 1 amide bonds. The van der Waals surface area contributed by atoms with Crippen LogP contribution >= 0.6 is 0 Å². The molecule has 0 spiro atoms. The van der Waals surface area contributed by atoms with Crippen molar-refractivity contribution < 1.29 is 14.6 Å². The third kappa shape index (κ3) is 3.52. The number of hydrogen-bond acceptors (Lipinski definition) is 5. The normalized spacial score (nSPS) is 17.5. The first-order valence-electron chi connectivity index (χ1n) is 6.44. The van der Waals surface area contributed by atoms with Gasteiger partial charge in [-0.3, -0.25) is 4.79 Å². The first-order chi connectivity index (χ1) is 9.22. The van der Waals surface area contributed by atoms with Gasteiger partial charge >= 0.3 is 0 Å². The molecule has 1 aliphatic heterocycles. The summed E-state index contributed by atoms with van der Waals surface area (Å²) in [5, 5.41) is 9.06. The smallest absolute Gasteiger partial charge is 0.224 e. The maximum atomic E-state index is 12.0. The molecule has 0 aliphatic carbocycles. The largest absolute Gasteiger partial charge is 0.394 e. The summed E-state index contributed by atoms with van der Waals surface area (Å²) in [4.78, 5) is 17.8. The number of nitrogens with zero attached hydrogens (tertiary/aromatic N) is 3. The lowest BCUT2D eigenvalue weighted by molar-refractivity contribution is -0.135. The Hall–Kier alpha value is -1.44. The highest BCUT2D eigenvalue weighted by Gasteiger charge is 2.17. The molecule has 3 N–H and O–H groups in total. The van der Waals surface area contributed by atoms with Crippen LogP contribution in [0.5, 0.6) is 0 Å². The van der Waals surface area contributed by atoms with Crippen LogP contribution in [-0.4, -0.2) is 58.4 Å². The predicted molar refractivity (Wildman–Crippen MR) is 68.3 cm³/mol. The number of imidazole rings is 1. The van der Waals surface area contributed by atoms with Crippen LogP contribution in [0.2, 0.25) is 0 Å². The van der Waals surface area contributed by atoms with E-state index in [0.29, 0.717) is 39.3 Å². The Morgan fingerprint density at radius 1 is 1.53 bits per heavy atom. The molecule has 0 bridgehead atoms. The standard InChI is InChI=1S/C12H20N4O3/c13-10(8-17)11-7-14-9-16(11)2-1-12(18)15-3-5-19-6-4-15/h7,9-10,17H,1-6,8,13H2. The number of carbonyl (C=O) groups is 1. The third-order valence-electron chi connectivity index (χ3n) is 3.25. The Bertz CT molecular complexity index is 415. The van der Waals surface area contributed by atoms with Gasteiger partial charge in [-0.15, -0.1) is 0 Å². The van der Waals surface area contributed by atoms with Gasteiger partial charge in [0.25, 0.3) is 0 Å². The molecule has 0 saturated carbocycles. The van der Waals surface area contributed by atoms with Crippen molar-refractivity contribution in [2.45, 2.75) is 19.0 Å². The predicted octanol–water partition coefficient (Wildman–Crippen LogP) is -0.876. The second-order valence-electron chi connectivity index (χ2n) is 4.54. The first kappa shape index (κ1) is 14.0. The van der Waals surface area contributed by atoms with Crippen molar-refractivity contribution in [3.8, 4) is 0 Å². The molecule has 7 heteroatoms. The topological polar surface area (TPSA) is 93.6 Å². The molecule has 106 valence electrons. The zero-order valence-electron chi connectivity index (χ0n) is 10.9. The summed E-state index contributed by atoms with van der Waals surface area (Å²) in [7, 11) is 0. The van der Waals surface area contributed by atoms with Crippen LogP contribution in [0, 0.1) is 0 Å². The third-order valence-corrected chi connectivity index (χ3v) is 3.25. The quantitative estimate of drug-likeness (QED) is 0.723. The second-order valence-corrected chi connectivity index (χ2v) is 4.54. The molecule has 1 aromatic rings. The van der Waals surface area contributed by atoms with Gasteiger partial charge in [-0.2, -0.15) is 0 Å². The van der Waals surface area contributed by atoms with Crippen LogP contribution in [0.15, 0.2) is 12.5 Å². The van der Waals surface area contributed by atoms with E-state index in [-0.39, 0.29) is 12.5 Å². The Labute approximate surface area is 112 Å². The van der Waals surface area contributed by atoms with Gasteiger partial charge in [-0.05, 0) is 0 Å². The van der Waals surface area contributed by atoms with E-state index in [1.807, 2.05) is 9.47 Å². The summed E-state index contributed by atoms with van der Waals surface area (Å²) in [6, 6.07) is -0.457. The minimum absolute atomic E-state index is 0.112. The number of aromatic nitrogens is 2. The van der Waals surface area contributed by atoms with E-state index in [1.54, 1.807) is 12.5 Å². The van der Waals surface area contributed by atoms with Gasteiger partial charge in [-0.25, -0.2) is 4.98 Å². The Kier molecular flexibility index (Phi) is 4.89. The van der Waals surface area contributed by atoms with E-state index in [1.165, 1.54) is 0 Å². The molecule has 7 nitrogen and oxygen atoms in total.